The molecule has 5 heteroatoms. The summed E-state index contributed by atoms with van der Waals surface area (Å²) in [5.74, 6) is -0.994. The zero-order chi connectivity index (χ0) is 13.3. The molecule has 0 aliphatic heterocycles. The van der Waals surface area contributed by atoms with Gasteiger partial charge in [-0.3, -0.25) is 0 Å². The Balaban J connectivity index is 2.34. The maximum absolute atomic E-state index is 13.6. The Bertz CT molecular complexity index is 597. The van der Waals surface area contributed by atoms with Crippen molar-refractivity contribution in [2.24, 2.45) is 0 Å². The summed E-state index contributed by atoms with van der Waals surface area (Å²) in [5, 5.41) is 2.76. The molecule has 0 aromatic heterocycles. The van der Waals surface area contributed by atoms with Crippen LogP contribution in [0.1, 0.15) is 5.56 Å². The lowest BCUT2D eigenvalue weighted by atomic mass is 10.2. The number of nitrogens with one attached hydrogen (secondary N) is 1. The van der Waals surface area contributed by atoms with Crippen molar-refractivity contribution in [3.8, 4) is 0 Å². The van der Waals surface area contributed by atoms with Crippen molar-refractivity contribution < 1.29 is 8.78 Å². The molecule has 0 saturated carbocycles. The number of hydrogen-bond donors (Lipinski definition) is 3. The molecular formula is C13H13F2N3. The summed E-state index contributed by atoms with van der Waals surface area (Å²) >= 11 is 0. The Morgan fingerprint density at radius 3 is 2.33 bits per heavy atom. The average Bonchev–Trinajstić information content (AvgIpc) is 2.31. The molecule has 0 aliphatic carbocycles. The first kappa shape index (κ1) is 12.2. The molecule has 0 aliphatic rings. The highest BCUT2D eigenvalue weighted by Gasteiger charge is 2.08. The number of nitrogens with two attached hydrogens (primary N) is 2. The standard InChI is InChI=1S/C13H13F2N3/c1-7-4-10(15)13(6-9(7)14)18-8-2-3-11(16)12(17)5-8/h2-6,18H,16-17H2,1H3. The van der Waals surface area contributed by atoms with Gasteiger partial charge in [0.25, 0.3) is 0 Å². The zero-order valence-corrected chi connectivity index (χ0v) is 9.80. The number of hydrogen-bond acceptors (Lipinski definition) is 3. The molecule has 0 fully saturated rings. The second kappa shape index (κ2) is 4.52. The summed E-state index contributed by atoms with van der Waals surface area (Å²) in [6.45, 7) is 1.50. The van der Waals surface area contributed by atoms with Crippen molar-refractivity contribution in [2.45, 2.75) is 6.92 Å². The molecule has 2 aromatic rings. The number of nitrogen functional groups attached to an aromatic ring is 2. The fraction of sp³-hybridized carbons (Fsp3) is 0.0769. The molecule has 5 N–H and O–H groups in total. The molecule has 2 aromatic carbocycles. The minimum atomic E-state index is -0.524. The fourth-order valence-electron chi connectivity index (χ4n) is 1.55. The summed E-state index contributed by atoms with van der Waals surface area (Å²) in [7, 11) is 0. The van der Waals surface area contributed by atoms with Gasteiger partial charge in [-0.05, 0) is 36.8 Å². The summed E-state index contributed by atoms with van der Waals surface area (Å²) in [6.07, 6.45) is 0. The lowest BCUT2D eigenvalue weighted by Crippen LogP contribution is -1.99. The van der Waals surface area contributed by atoms with Crippen molar-refractivity contribution in [3.05, 3.63) is 47.5 Å². The van der Waals surface area contributed by atoms with Crippen LogP contribution < -0.4 is 16.8 Å². The minimum Gasteiger partial charge on any atom is -0.397 e. The predicted molar refractivity (Wildman–Crippen MR) is 69.6 cm³/mol. The van der Waals surface area contributed by atoms with Crippen molar-refractivity contribution >= 4 is 22.7 Å². The highest BCUT2D eigenvalue weighted by molar-refractivity contribution is 5.72. The van der Waals surface area contributed by atoms with Gasteiger partial charge in [0.15, 0.2) is 0 Å². The molecular weight excluding hydrogens is 236 g/mol. The molecule has 3 nitrogen and oxygen atoms in total. The topological polar surface area (TPSA) is 64.1 Å². The number of anilines is 4. The van der Waals surface area contributed by atoms with E-state index < -0.39 is 11.6 Å². The Hall–Kier alpha value is -2.30. The van der Waals surface area contributed by atoms with E-state index >= 15 is 0 Å². The van der Waals surface area contributed by atoms with E-state index in [1.807, 2.05) is 0 Å². The Morgan fingerprint density at radius 1 is 0.944 bits per heavy atom. The maximum Gasteiger partial charge on any atom is 0.147 e. The van der Waals surface area contributed by atoms with Crippen molar-refractivity contribution in [1.29, 1.82) is 0 Å². The van der Waals surface area contributed by atoms with Gasteiger partial charge in [0.05, 0.1) is 17.1 Å². The highest BCUT2D eigenvalue weighted by atomic mass is 19.1. The molecule has 18 heavy (non-hydrogen) atoms. The average molecular weight is 249 g/mol. The van der Waals surface area contributed by atoms with E-state index in [-0.39, 0.29) is 11.3 Å². The van der Waals surface area contributed by atoms with Gasteiger partial charge in [-0.25, -0.2) is 8.78 Å². The number of aryl methyl sites for hydroxylation is 1. The first-order chi connectivity index (χ1) is 8.47. The largest absolute Gasteiger partial charge is 0.397 e. The summed E-state index contributed by atoms with van der Waals surface area (Å²) in [6, 6.07) is 7.05. The van der Waals surface area contributed by atoms with Gasteiger partial charge < -0.3 is 16.8 Å². The smallest absolute Gasteiger partial charge is 0.147 e. The van der Waals surface area contributed by atoms with Gasteiger partial charge in [0.2, 0.25) is 0 Å². The van der Waals surface area contributed by atoms with E-state index in [2.05, 4.69) is 5.32 Å². The lowest BCUT2D eigenvalue weighted by Gasteiger charge is -2.10. The first-order valence-electron chi connectivity index (χ1n) is 5.35. The predicted octanol–water partition coefficient (Wildman–Crippen LogP) is 3.18. The third-order valence-corrected chi connectivity index (χ3v) is 2.61. The van der Waals surface area contributed by atoms with E-state index in [0.29, 0.717) is 17.1 Å². The molecule has 0 unspecified atom stereocenters. The molecule has 94 valence electrons. The molecule has 0 atom stereocenters. The van der Waals surface area contributed by atoms with Crippen LogP contribution in [-0.4, -0.2) is 0 Å². The third-order valence-electron chi connectivity index (χ3n) is 2.61. The van der Waals surface area contributed by atoms with Crippen molar-refractivity contribution in [1.82, 2.24) is 0 Å². The van der Waals surface area contributed by atoms with Gasteiger partial charge in [-0.2, -0.15) is 0 Å². The van der Waals surface area contributed by atoms with Crippen LogP contribution in [0.15, 0.2) is 30.3 Å². The summed E-state index contributed by atoms with van der Waals surface area (Å²) in [4.78, 5) is 0. The maximum atomic E-state index is 13.6. The van der Waals surface area contributed by atoms with Crippen LogP contribution in [0.4, 0.5) is 31.5 Å². The second-order valence-corrected chi connectivity index (χ2v) is 4.05. The Kier molecular flexibility index (Phi) is 3.06. The van der Waals surface area contributed by atoms with Crippen LogP contribution in [0.3, 0.4) is 0 Å². The quantitative estimate of drug-likeness (QED) is 0.716. The van der Waals surface area contributed by atoms with E-state index in [1.54, 1.807) is 18.2 Å². The first-order valence-corrected chi connectivity index (χ1v) is 5.35. The molecule has 0 radical (unpaired) electrons. The minimum absolute atomic E-state index is 0.0577. The zero-order valence-electron chi connectivity index (χ0n) is 9.80. The normalized spacial score (nSPS) is 10.4. The van der Waals surface area contributed by atoms with Crippen molar-refractivity contribution in [3.63, 3.8) is 0 Å². The van der Waals surface area contributed by atoms with Gasteiger partial charge in [0.1, 0.15) is 11.6 Å². The Morgan fingerprint density at radius 2 is 1.67 bits per heavy atom. The van der Waals surface area contributed by atoms with Gasteiger partial charge >= 0.3 is 0 Å². The van der Waals surface area contributed by atoms with E-state index in [9.17, 15) is 8.78 Å². The molecule has 0 amide bonds. The molecule has 2 rings (SSSR count). The van der Waals surface area contributed by atoms with Gasteiger partial charge in [0, 0.05) is 11.8 Å². The van der Waals surface area contributed by atoms with Crippen LogP contribution in [0.5, 0.6) is 0 Å². The van der Waals surface area contributed by atoms with E-state index in [0.717, 1.165) is 12.1 Å². The molecule has 0 spiro atoms. The fourth-order valence-corrected chi connectivity index (χ4v) is 1.55. The second-order valence-electron chi connectivity index (χ2n) is 4.05. The van der Waals surface area contributed by atoms with Crippen LogP contribution in [0.25, 0.3) is 0 Å². The van der Waals surface area contributed by atoms with Gasteiger partial charge in [-0.1, -0.05) is 0 Å². The lowest BCUT2D eigenvalue weighted by molar-refractivity contribution is 0.595. The summed E-state index contributed by atoms with van der Waals surface area (Å²) < 4.78 is 27.0. The van der Waals surface area contributed by atoms with Crippen LogP contribution >= 0.6 is 0 Å². The van der Waals surface area contributed by atoms with Crippen LogP contribution in [0, 0.1) is 18.6 Å². The SMILES string of the molecule is Cc1cc(F)c(Nc2ccc(N)c(N)c2)cc1F. The third kappa shape index (κ3) is 2.34. The monoisotopic (exact) mass is 249 g/mol. The summed E-state index contributed by atoms with van der Waals surface area (Å²) in [5.41, 5.74) is 12.9. The highest BCUT2D eigenvalue weighted by Crippen LogP contribution is 2.26. The molecule has 0 bridgehead atoms. The van der Waals surface area contributed by atoms with E-state index in [4.69, 9.17) is 11.5 Å². The number of rotatable bonds is 2. The van der Waals surface area contributed by atoms with Gasteiger partial charge in [-0.15, -0.1) is 0 Å². The van der Waals surface area contributed by atoms with Crippen LogP contribution in [0.2, 0.25) is 0 Å². The Labute approximate surface area is 103 Å². The number of benzene rings is 2. The van der Waals surface area contributed by atoms with E-state index in [1.165, 1.54) is 6.92 Å². The number of halogens is 2. The molecule has 0 heterocycles. The van der Waals surface area contributed by atoms with Crippen LogP contribution in [-0.2, 0) is 0 Å². The van der Waals surface area contributed by atoms with Crippen molar-refractivity contribution in [2.75, 3.05) is 16.8 Å². The molecule has 0 saturated heterocycles.